The van der Waals surface area contributed by atoms with Crippen LogP contribution in [0.5, 0.6) is 0 Å². The zero-order valence-electron chi connectivity index (χ0n) is 17.5. The molecule has 169 valence electrons. The Hall–Kier alpha value is -3.01. The van der Waals surface area contributed by atoms with E-state index in [1.807, 2.05) is 30.3 Å². The van der Waals surface area contributed by atoms with Gasteiger partial charge in [-0.05, 0) is 24.3 Å². The van der Waals surface area contributed by atoms with Gasteiger partial charge in [0.25, 0.3) is 0 Å². The Balaban J connectivity index is 0.00000259. The number of alkyl halides is 3. The third-order valence-electron chi connectivity index (χ3n) is 5.52. The van der Waals surface area contributed by atoms with Crippen molar-refractivity contribution in [2.45, 2.75) is 6.18 Å². The van der Waals surface area contributed by atoms with Crippen LogP contribution in [0.25, 0.3) is 22.2 Å². The molecule has 6 nitrogen and oxygen atoms in total. The number of anilines is 3. The summed E-state index contributed by atoms with van der Waals surface area (Å²) in [6.45, 7) is 3.14. The molecule has 0 atom stereocenters. The number of piperazine rings is 1. The van der Waals surface area contributed by atoms with Crippen molar-refractivity contribution in [1.29, 1.82) is 0 Å². The molecule has 0 bridgehead atoms. The summed E-state index contributed by atoms with van der Waals surface area (Å²) in [5, 5.41) is 14.6. The van der Waals surface area contributed by atoms with Gasteiger partial charge in [0.1, 0.15) is 5.82 Å². The van der Waals surface area contributed by atoms with Crippen molar-refractivity contribution in [3.05, 3.63) is 66.2 Å². The minimum atomic E-state index is -4.48. The van der Waals surface area contributed by atoms with Crippen LogP contribution in [0.1, 0.15) is 5.56 Å². The van der Waals surface area contributed by atoms with Gasteiger partial charge in [-0.25, -0.2) is 4.98 Å². The zero-order valence-corrected chi connectivity index (χ0v) is 18.9. The average molecular weight is 489 g/mol. The van der Waals surface area contributed by atoms with Crippen LogP contribution in [0.3, 0.4) is 0 Å². The van der Waals surface area contributed by atoms with E-state index in [1.165, 1.54) is 12.1 Å². The molecule has 2 aromatic heterocycles. The fraction of sp³-hybridized carbons (Fsp3) is 0.217. The summed E-state index contributed by atoms with van der Waals surface area (Å²) in [5.41, 5.74) is 1.27. The second-order valence-electron chi connectivity index (χ2n) is 7.62. The fourth-order valence-electron chi connectivity index (χ4n) is 3.96. The number of hydrogen-bond donors (Lipinski definition) is 3. The van der Waals surface area contributed by atoms with Crippen molar-refractivity contribution in [1.82, 2.24) is 20.5 Å². The maximum absolute atomic E-state index is 13.7. The number of aromatic amines is 1. The van der Waals surface area contributed by atoms with Crippen molar-refractivity contribution in [3.8, 4) is 11.3 Å². The monoisotopic (exact) mass is 489 g/mol. The molecule has 4 aromatic rings. The van der Waals surface area contributed by atoms with Gasteiger partial charge in [0.05, 0.1) is 16.8 Å². The second-order valence-corrected chi connectivity index (χ2v) is 7.62. The minimum absolute atomic E-state index is 0. The van der Waals surface area contributed by atoms with Gasteiger partial charge in [-0.3, -0.25) is 5.10 Å². The second kappa shape index (κ2) is 9.47. The van der Waals surface area contributed by atoms with E-state index in [0.717, 1.165) is 48.8 Å². The summed E-state index contributed by atoms with van der Waals surface area (Å²) in [6.07, 6.45) is -4.48. The first-order chi connectivity index (χ1) is 15.5. The molecule has 10 heteroatoms. The number of H-pyrrole nitrogens is 1. The van der Waals surface area contributed by atoms with E-state index in [9.17, 15) is 13.2 Å². The molecule has 33 heavy (non-hydrogen) atoms. The summed E-state index contributed by atoms with van der Waals surface area (Å²) in [4.78, 5) is 6.69. The van der Waals surface area contributed by atoms with Gasteiger partial charge in [0.15, 0.2) is 5.82 Å². The molecule has 0 saturated carbocycles. The van der Waals surface area contributed by atoms with E-state index < -0.39 is 11.7 Å². The Labute approximate surface area is 200 Å². The number of hydrogen-bond acceptors (Lipinski definition) is 5. The van der Waals surface area contributed by atoms with E-state index >= 15 is 0 Å². The van der Waals surface area contributed by atoms with E-state index in [4.69, 9.17) is 0 Å². The number of rotatable bonds is 4. The van der Waals surface area contributed by atoms with E-state index in [2.05, 4.69) is 30.7 Å². The van der Waals surface area contributed by atoms with Crippen molar-refractivity contribution in [3.63, 3.8) is 0 Å². The van der Waals surface area contributed by atoms with Crippen LogP contribution in [-0.4, -0.2) is 41.4 Å². The molecule has 1 radical (unpaired) electrons. The maximum atomic E-state index is 13.7. The molecular formula is C23H21F3N6V. The van der Waals surface area contributed by atoms with Crippen molar-refractivity contribution in [2.24, 2.45) is 0 Å². The molecule has 0 aliphatic carbocycles. The Morgan fingerprint density at radius 1 is 0.939 bits per heavy atom. The van der Waals surface area contributed by atoms with Crippen LogP contribution in [0.2, 0.25) is 0 Å². The molecule has 1 aliphatic rings. The Bertz CT molecular complexity index is 1250. The third kappa shape index (κ3) is 4.85. The molecule has 2 aromatic carbocycles. The summed E-state index contributed by atoms with van der Waals surface area (Å²) < 4.78 is 41.1. The van der Waals surface area contributed by atoms with Crippen LogP contribution >= 0.6 is 0 Å². The van der Waals surface area contributed by atoms with Gasteiger partial charge in [0, 0.05) is 67.4 Å². The zero-order chi connectivity index (χ0) is 22.1. The molecule has 0 spiro atoms. The number of aromatic nitrogens is 3. The molecule has 5 rings (SSSR count). The van der Waals surface area contributed by atoms with Gasteiger partial charge in [-0.15, -0.1) is 0 Å². The largest absolute Gasteiger partial charge is 0.417 e. The van der Waals surface area contributed by atoms with Crippen LogP contribution in [-0.2, 0) is 24.7 Å². The fourth-order valence-corrected chi connectivity index (χ4v) is 3.96. The predicted molar refractivity (Wildman–Crippen MR) is 119 cm³/mol. The first kappa shape index (κ1) is 23.2. The molecular weight excluding hydrogens is 468 g/mol. The molecule has 3 heterocycles. The molecule has 0 amide bonds. The van der Waals surface area contributed by atoms with E-state index in [1.54, 1.807) is 12.1 Å². The molecule has 0 unspecified atom stereocenters. The Kier molecular flexibility index (Phi) is 6.64. The average Bonchev–Trinajstić information content (AvgIpc) is 3.22. The van der Waals surface area contributed by atoms with Crippen LogP contribution in [0.4, 0.5) is 30.5 Å². The summed E-state index contributed by atoms with van der Waals surface area (Å²) in [5.74, 6) is 1.01. The molecule has 3 N–H and O–H groups in total. The van der Waals surface area contributed by atoms with Crippen LogP contribution in [0, 0.1) is 0 Å². The first-order valence-corrected chi connectivity index (χ1v) is 10.3. The number of nitrogens with one attached hydrogen (secondary N) is 3. The van der Waals surface area contributed by atoms with Gasteiger partial charge < -0.3 is 15.5 Å². The smallest absolute Gasteiger partial charge is 0.369 e. The molecule has 1 fully saturated rings. The molecule has 1 saturated heterocycles. The van der Waals surface area contributed by atoms with Crippen molar-refractivity contribution in [2.75, 3.05) is 36.4 Å². The summed E-state index contributed by atoms with van der Waals surface area (Å²) in [7, 11) is 0. The van der Waals surface area contributed by atoms with Gasteiger partial charge >= 0.3 is 6.18 Å². The Morgan fingerprint density at radius 2 is 1.67 bits per heavy atom. The number of fused-ring (bicyclic) bond motifs is 1. The van der Waals surface area contributed by atoms with Gasteiger partial charge in [-0.1, -0.05) is 30.3 Å². The Morgan fingerprint density at radius 3 is 2.45 bits per heavy atom. The summed E-state index contributed by atoms with van der Waals surface area (Å²) >= 11 is 0. The van der Waals surface area contributed by atoms with E-state index in [0.29, 0.717) is 11.6 Å². The third-order valence-corrected chi connectivity index (χ3v) is 5.52. The maximum Gasteiger partial charge on any atom is 0.417 e. The minimum Gasteiger partial charge on any atom is -0.369 e. The number of pyridine rings is 1. The number of benzene rings is 2. The van der Waals surface area contributed by atoms with Gasteiger partial charge in [0.2, 0.25) is 0 Å². The van der Waals surface area contributed by atoms with E-state index in [-0.39, 0.29) is 29.8 Å². The molecule has 1 aliphatic heterocycles. The van der Waals surface area contributed by atoms with Crippen LogP contribution < -0.4 is 15.5 Å². The normalized spacial score (nSPS) is 14.2. The predicted octanol–water partition coefficient (Wildman–Crippen LogP) is 4.79. The quantitative estimate of drug-likeness (QED) is 0.385. The van der Waals surface area contributed by atoms with Crippen LogP contribution in [0.15, 0.2) is 60.7 Å². The van der Waals surface area contributed by atoms with Crippen molar-refractivity contribution >= 4 is 28.2 Å². The topological polar surface area (TPSA) is 68.9 Å². The first-order valence-electron chi connectivity index (χ1n) is 10.3. The number of para-hydroxylation sites is 1. The number of halogens is 3. The van der Waals surface area contributed by atoms with Crippen molar-refractivity contribution < 1.29 is 31.7 Å². The SMILES string of the molecule is FC(F)(F)c1ccccc1-c1cc(N2CCNCC2)cc(Nc2n[nH]c3ccccc23)n1.[V]. The number of nitrogens with zero attached hydrogens (tertiary/aromatic N) is 3. The summed E-state index contributed by atoms with van der Waals surface area (Å²) in [6, 6.07) is 16.7. The standard InChI is InChI=1S/C23H21F3N6.V/c24-23(25,26)18-7-3-1-5-16(18)20-13-15(32-11-9-27-10-12-32)14-21(28-20)29-22-17-6-2-4-8-19(17)30-31-22;/h1-8,13-14,27H,9-12H2,(H2,28,29,30,31);. The van der Waals surface area contributed by atoms with Gasteiger partial charge in [-0.2, -0.15) is 18.3 Å².